The molecule has 1 aliphatic heterocycles. The van der Waals surface area contributed by atoms with Gasteiger partial charge < -0.3 is 8.98 Å². The third-order valence-electron chi connectivity index (χ3n) is 13.6. The monoisotopic (exact) mass is 792 g/mol. The van der Waals surface area contributed by atoms with Crippen molar-refractivity contribution in [1.29, 1.82) is 0 Å². The Morgan fingerprint density at radius 2 is 1.06 bits per heavy atom. The van der Waals surface area contributed by atoms with Gasteiger partial charge in [0.15, 0.2) is 0 Å². The predicted octanol–water partition coefficient (Wildman–Crippen LogP) is 15.6. The second kappa shape index (κ2) is 13.3. The molecule has 292 valence electrons. The number of para-hydroxylation sites is 4. The fourth-order valence-electron chi connectivity index (χ4n) is 11.1. The minimum atomic E-state index is -0.569. The largest absolute Gasteiger partial charge is 0.439 e. The Hall–Kier alpha value is -7.88. The summed E-state index contributed by atoms with van der Waals surface area (Å²) in [6, 6.07) is 77.9. The molecule has 3 heteroatoms. The van der Waals surface area contributed by atoms with Crippen LogP contribution < -0.4 is 4.90 Å². The molecule has 0 saturated carbocycles. The van der Waals surface area contributed by atoms with E-state index in [0.717, 1.165) is 34.6 Å². The number of aromatic nitrogens is 1. The molecule has 0 radical (unpaired) electrons. The molecule has 1 unspecified atom stereocenters. The molecule has 9 aromatic carbocycles. The molecule has 0 amide bonds. The van der Waals surface area contributed by atoms with Crippen LogP contribution in [0.1, 0.15) is 34.7 Å². The third kappa shape index (κ3) is 4.65. The highest BCUT2D eigenvalue weighted by Gasteiger charge is 2.51. The number of anilines is 3. The maximum absolute atomic E-state index is 7.04. The zero-order valence-electron chi connectivity index (χ0n) is 34.2. The van der Waals surface area contributed by atoms with Crippen LogP contribution in [0, 0.1) is 0 Å². The van der Waals surface area contributed by atoms with Gasteiger partial charge in [-0.1, -0.05) is 183 Å². The number of furan rings is 1. The van der Waals surface area contributed by atoms with Crippen LogP contribution in [0.15, 0.2) is 217 Å². The van der Waals surface area contributed by atoms with Gasteiger partial charge in [0.1, 0.15) is 5.58 Å². The van der Waals surface area contributed by atoms with E-state index in [9.17, 15) is 0 Å². The van der Waals surface area contributed by atoms with Crippen molar-refractivity contribution in [3.8, 4) is 39.1 Å². The van der Waals surface area contributed by atoms with Gasteiger partial charge in [-0.05, 0) is 92.9 Å². The molecule has 3 nitrogen and oxygen atoms in total. The van der Waals surface area contributed by atoms with E-state index in [2.05, 4.69) is 229 Å². The van der Waals surface area contributed by atoms with Crippen LogP contribution in [0.3, 0.4) is 0 Å². The number of nitrogens with zero attached hydrogens (tertiary/aromatic N) is 2. The number of hydrogen-bond acceptors (Lipinski definition) is 2. The van der Waals surface area contributed by atoms with Gasteiger partial charge in [-0.15, -0.1) is 0 Å². The summed E-state index contributed by atoms with van der Waals surface area (Å²) >= 11 is 0. The van der Waals surface area contributed by atoms with Gasteiger partial charge >= 0.3 is 0 Å². The van der Waals surface area contributed by atoms with Gasteiger partial charge in [0, 0.05) is 33.0 Å². The van der Waals surface area contributed by atoms with Gasteiger partial charge in [-0.3, -0.25) is 4.90 Å². The van der Waals surface area contributed by atoms with Crippen LogP contribution in [0.2, 0.25) is 0 Å². The van der Waals surface area contributed by atoms with Crippen LogP contribution in [-0.4, -0.2) is 4.57 Å². The van der Waals surface area contributed by atoms with Crippen molar-refractivity contribution in [1.82, 2.24) is 4.57 Å². The van der Waals surface area contributed by atoms with E-state index in [1.165, 1.54) is 88.7 Å². The lowest BCUT2D eigenvalue weighted by Gasteiger charge is -2.39. The van der Waals surface area contributed by atoms with Crippen molar-refractivity contribution >= 4 is 50.0 Å². The molecule has 13 rings (SSSR count). The first-order valence-corrected chi connectivity index (χ1v) is 21.7. The molecule has 1 aliphatic carbocycles. The molecule has 11 aromatic rings. The number of benzene rings is 9. The predicted molar refractivity (Wildman–Crippen MR) is 256 cm³/mol. The highest BCUT2D eigenvalue weighted by molar-refractivity contribution is 6.13. The van der Waals surface area contributed by atoms with Crippen molar-refractivity contribution < 1.29 is 4.42 Å². The highest BCUT2D eigenvalue weighted by Crippen LogP contribution is 2.63. The van der Waals surface area contributed by atoms with Crippen LogP contribution in [0.25, 0.3) is 71.8 Å². The van der Waals surface area contributed by atoms with E-state index in [1.54, 1.807) is 0 Å². The van der Waals surface area contributed by atoms with E-state index < -0.39 is 5.41 Å². The average Bonchev–Trinajstić information content (AvgIpc) is 3.99. The van der Waals surface area contributed by atoms with Crippen molar-refractivity contribution in [2.75, 3.05) is 4.90 Å². The first-order chi connectivity index (χ1) is 30.8. The first-order valence-electron chi connectivity index (χ1n) is 21.7. The van der Waals surface area contributed by atoms with Gasteiger partial charge in [-0.25, -0.2) is 0 Å². The number of fused-ring (bicyclic) bond motifs is 13. The first kappa shape index (κ1) is 34.9. The summed E-state index contributed by atoms with van der Waals surface area (Å²) in [6.45, 7) is 2.24. The lowest BCUT2D eigenvalue weighted by molar-refractivity contribution is 0.616. The fourth-order valence-corrected chi connectivity index (χ4v) is 11.1. The summed E-state index contributed by atoms with van der Waals surface area (Å²) in [5, 5.41) is 3.70. The standard InChI is InChI=1S/C59H40N2O/c1-2-41-45-23-10-15-33-55(45)62-58(41)60(40-36-34-39(35-37-40)43-21-7-6-20-42(43)38-18-4-3-5-19-38)54-32-17-28-50-56(54)47-24-8-11-26-48(47)59(50)49-27-12-14-31-53(49)61-52-30-13-9-22-44(52)46-25-16-29-51(59)57(46)61/h3-37H,2H2,1H3. The molecule has 0 N–H and O–H groups in total. The van der Waals surface area contributed by atoms with E-state index in [-0.39, 0.29) is 0 Å². The molecule has 1 atom stereocenters. The fraction of sp³-hybridized carbons (Fsp3) is 0.0508. The summed E-state index contributed by atoms with van der Waals surface area (Å²) in [7, 11) is 0. The lowest BCUT2D eigenvalue weighted by Crippen LogP contribution is -2.33. The second-order valence-corrected chi connectivity index (χ2v) is 16.6. The average molecular weight is 793 g/mol. The zero-order chi connectivity index (χ0) is 40.9. The summed E-state index contributed by atoms with van der Waals surface area (Å²) < 4.78 is 9.55. The van der Waals surface area contributed by atoms with Gasteiger partial charge in [0.25, 0.3) is 0 Å². The zero-order valence-corrected chi connectivity index (χ0v) is 34.2. The van der Waals surface area contributed by atoms with Crippen LogP contribution >= 0.6 is 0 Å². The Morgan fingerprint density at radius 3 is 1.87 bits per heavy atom. The third-order valence-corrected chi connectivity index (χ3v) is 13.6. The normalized spacial score (nSPS) is 14.7. The molecule has 2 aliphatic rings. The molecular weight excluding hydrogens is 753 g/mol. The van der Waals surface area contributed by atoms with E-state index in [1.807, 2.05) is 0 Å². The number of aryl methyl sites for hydroxylation is 1. The van der Waals surface area contributed by atoms with Crippen molar-refractivity contribution in [2.24, 2.45) is 0 Å². The Kier molecular flexibility index (Phi) is 7.50. The molecular formula is C59H40N2O. The van der Waals surface area contributed by atoms with Crippen LogP contribution in [-0.2, 0) is 11.8 Å². The van der Waals surface area contributed by atoms with E-state index in [0.29, 0.717) is 0 Å². The molecule has 3 heterocycles. The topological polar surface area (TPSA) is 21.3 Å². The Balaban J connectivity index is 1.09. The Labute approximate surface area is 360 Å². The van der Waals surface area contributed by atoms with Gasteiger partial charge in [-0.2, -0.15) is 0 Å². The molecule has 2 aromatic heterocycles. The lowest BCUT2D eigenvalue weighted by atomic mass is 9.65. The molecule has 0 saturated heterocycles. The van der Waals surface area contributed by atoms with Crippen molar-refractivity contribution in [3.63, 3.8) is 0 Å². The minimum Gasteiger partial charge on any atom is -0.439 e. The van der Waals surface area contributed by atoms with Gasteiger partial charge in [0.2, 0.25) is 5.88 Å². The van der Waals surface area contributed by atoms with Crippen LogP contribution in [0.5, 0.6) is 0 Å². The summed E-state index contributed by atoms with van der Waals surface area (Å²) in [6.07, 6.45) is 0.820. The maximum atomic E-state index is 7.04. The molecule has 62 heavy (non-hydrogen) atoms. The highest BCUT2D eigenvalue weighted by atomic mass is 16.4. The molecule has 0 fully saturated rings. The minimum absolute atomic E-state index is 0.569. The van der Waals surface area contributed by atoms with E-state index >= 15 is 0 Å². The SMILES string of the molecule is CCc1c(N(c2ccc(-c3ccccc3-c3ccccc3)cc2)c2cccc3c2-c2ccccc2C32c3ccccc3-n3c4ccccc4c4cccc2c43)oc2ccccc12. The summed E-state index contributed by atoms with van der Waals surface area (Å²) in [4.78, 5) is 2.40. The maximum Gasteiger partial charge on any atom is 0.209 e. The van der Waals surface area contributed by atoms with Crippen LogP contribution in [0.4, 0.5) is 17.3 Å². The second-order valence-electron chi connectivity index (χ2n) is 16.6. The molecule has 1 spiro atoms. The number of hydrogen-bond donors (Lipinski definition) is 0. The number of rotatable bonds is 6. The summed E-state index contributed by atoms with van der Waals surface area (Å²) in [5.74, 6) is 0.851. The van der Waals surface area contributed by atoms with Gasteiger partial charge in [0.05, 0.1) is 27.8 Å². The summed E-state index contributed by atoms with van der Waals surface area (Å²) in [5.41, 5.74) is 19.8. The Bertz CT molecular complexity index is 3570. The Morgan fingerprint density at radius 1 is 0.468 bits per heavy atom. The van der Waals surface area contributed by atoms with Crippen molar-refractivity contribution in [2.45, 2.75) is 18.8 Å². The smallest absolute Gasteiger partial charge is 0.209 e. The van der Waals surface area contributed by atoms with Crippen molar-refractivity contribution in [3.05, 3.63) is 240 Å². The van der Waals surface area contributed by atoms with E-state index in [4.69, 9.17) is 4.42 Å². The molecule has 0 bridgehead atoms. The quantitative estimate of drug-likeness (QED) is 0.167.